The quantitative estimate of drug-likeness (QED) is 0.393. The third-order valence-corrected chi connectivity index (χ3v) is 3.62. The van der Waals surface area contributed by atoms with Crippen LogP contribution in [0, 0.1) is 5.92 Å². The average Bonchev–Trinajstić information content (AvgIpc) is 3.06. The van der Waals surface area contributed by atoms with Crippen molar-refractivity contribution in [3.63, 3.8) is 0 Å². The fourth-order valence-corrected chi connectivity index (χ4v) is 2.38. The molecule has 0 saturated heterocycles. The number of aliphatic imine (C=N–C) groups is 1. The lowest BCUT2D eigenvalue weighted by Crippen LogP contribution is -2.39. The van der Waals surface area contributed by atoms with Gasteiger partial charge in [-0.15, -0.1) is 24.0 Å². The lowest BCUT2D eigenvalue weighted by Gasteiger charge is -2.19. The number of halogens is 1. The van der Waals surface area contributed by atoms with Gasteiger partial charge in [0, 0.05) is 32.0 Å². The van der Waals surface area contributed by atoms with Crippen molar-refractivity contribution in [2.24, 2.45) is 10.9 Å². The highest BCUT2D eigenvalue weighted by Crippen LogP contribution is 2.10. The molecule has 0 fully saturated rings. The molecule has 0 radical (unpaired) electrons. The Kier molecular flexibility index (Phi) is 9.44. The second kappa shape index (κ2) is 11.1. The largest absolute Gasteiger partial charge is 0.357 e. The van der Waals surface area contributed by atoms with Gasteiger partial charge in [-0.2, -0.15) is 5.10 Å². The molecule has 1 heterocycles. The predicted molar refractivity (Wildman–Crippen MR) is 111 cm³/mol. The van der Waals surface area contributed by atoms with E-state index in [0.717, 1.165) is 25.6 Å². The number of guanidine groups is 1. The lowest BCUT2D eigenvalue weighted by atomic mass is 10.1. The van der Waals surface area contributed by atoms with Crippen molar-refractivity contribution in [2.75, 3.05) is 13.1 Å². The van der Waals surface area contributed by atoms with Crippen LogP contribution >= 0.6 is 24.0 Å². The summed E-state index contributed by atoms with van der Waals surface area (Å²) in [7, 11) is 0. The molecule has 1 aromatic carbocycles. The second-order valence-corrected chi connectivity index (χ2v) is 5.83. The SMILES string of the molecule is CCNC(=NCC(C)Cn1cccn1)NC(C)c1ccccc1.I. The zero-order valence-electron chi connectivity index (χ0n) is 14.6. The number of hydrogen-bond acceptors (Lipinski definition) is 2. The molecule has 0 spiro atoms. The first kappa shape index (κ1) is 20.5. The summed E-state index contributed by atoms with van der Waals surface area (Å²) in [4.78, 5) is 4.71. The molecule has 2 atom stereocenters. The number of nitrogens with one attached hydrogen (secondary N) is 2. The molecular formula is C18H28IN5. The Bertz CT molecular complexity index is 583. The molecular weight excluding hydrogens is 413 g/mol. The fourth-order valence-electron chi connectivity index (χ4n) is 2.38. The minimum atomic E-state index is 0. The average molecular weight is 441 g/mol. The topological polar surface area (TPSA) is 54.2 Å². The molecule has 0 aliphatic carbocycles. The summed E-state index contributed by atoms with van der Waals surface area (Å²) in [6.07, 6.45) is 3.80. The summed E-state index contributed by atoms with van der Waals surface area (Å²) in [6, 6.07) is 12.6. The normalized spacial score (nSPS) is 13.7. The number of aromatic nitrogens is 2. The highest BCUT2D eigenvalue weighted by molar-refractivity contribution is 14.0. The van der Waals surface area contributed by atoms with Crippen molar-refractivity contribution < 1.29 is 0 Å². The highest BCUT2D eigenvalue weighted by atomic mass is 127. The summed E-state index contributed by atoms with van der Waals surface area (Å²) in [6.45, 7) is 8.91. The Balaban J connectivity index is 0.00000288. The van der Waals surface area contributed by atoms with E-state index in [4.69, 9.17) is 4.99 Å². The van der Waals surface area contributed by atoms with Crippen molar-refractivity contribution in [3.05, 3.63) is 54.4 Å². The van der Waals surface area contributed by atoms with Gasteiger partial charge in [-0.25, -0.2) is 0 Å². The molecule has 2 aromatic rings. The number of hydrogen-bond donors (Lipinski definition) is 2. The molecule has 0 saturated carbocycles. The zero-order valence-corrected chi connectivity index (χ0v) is 17.0. The summed E-state index contributed by atoms with van der Waals surface area (Å²) in [5.41, 5.74) is 1.25. The summed E-state index contributed by atoms with van der Waals surface area (Å²) >= 11 is 0. The van der Waals surface area contributed by atoms with Crippen molar-refractivity contribution in [2.45, 2.75) is 33.4 Å². The molecule has 5 nitrogen and oxygen atoms in total. The van der Waals surface area contributed by atoms with E-state index >= 15 is 0 Å². The van der Waals surface area contributed by atoms with Crippen molar-refractivity contribution >= 4 is 29.9 Å². The van der Waals surface area contributed by atoms with E-state index in [1.807, 2.05) is 29.2 Å². The minimum absolute atomic E-state index is 0. The van der Waals surface area contributed by atoms with E-state index in [9.17, 15) is 0 Å². The smallest absolute Gasteiger partial charge is 0.191 e. The standard InChI is InChI=1S/C18H27N5.HI/c1-4-19-18(22-16(3)17-9-6-5-7-10-17)20-13-15(2)14-23-12-8-11-21-23;/h5-12,15-16H,4,13-14H2,1-3H3,(H2,19,20,22);1H. The first-order valence-corrected chi connectivity index (χ1v) is 8.26. The fraction of sp³-hybridized carbons (Fsp3) is 0.444. The molecule has 0 amide bonds. The summed E-state index contributed by atoms with van der Waals surface area (Å²) in [5.74, 6) is 1.29. The third kappa shape index (κ3) is 6.90. The first-order chi connectivity index (χ1) is 11.2. The Morgan fingerprint density at radius 1 is 1.21 bits per heavy atom. The van der Waals surface area contributed by atoms with Gasteiger partial charge in [-0.3, -0.25) is 9.67 Å². The van der Waals surface area contributed by atoms with Gasteiger partial charge in [0.1, 0.15) is 0 Å². The molecule has 132 valence electrons. The monoisotopic (exact) mass is 441 g/mol. The molecule has 0 aliphatic rings. The Hall–Kier alpha value is -1.57. The first-order valence-electron chi connectivity index (χ1n) is 8.26. The van der Waals surface area contributed by atoms with Crippen LogP contribution in [0.4, 0.5) is 0 Å². The Morgan fingerprint density at radius 3 is 2.58 bits per heavy atom. The lowest BCUT2D eigenvalue weighted by molar-refractivity contribution is 0.458. The molecule has 2 unspecified atom stereocenters. The maximum Gasteiger partial charge on any atom is 0.191 e. The summed E-state index contributed by atoms with van der Waals surface area (Å²) in [5, 5.41) is 11.0. The predicted octanol–water partition coefficient (Wildman–Crippen LogP) is 3.45. The van der Waals surface area contributed by atoms with Gasteiger partial charge in [0.05, 0.1) is 6.04 Å². The molecule has 2 rings (SSSR count). The summed E-state index contributed by atoms with van der Waals surface area (Å²) < 4.78 is 1.95. The Morgan fingerprint density at radius 2 is 1.96 bits per heavy atom. The highest BCUT2D eigenvalue weighted by Gasteiger charge is 2.08. The Labute approximate surface area is 162 Å². The van der Waals surface area contributed by atoms with Gasteiger partial charge in [-0.1, -0.05) is 37.3 Å². The van der Waals surface area contributed by atoms with Gasteiger partial charge in [0.2, 0.25) is 0 Å². The van der Waals surface area contributed by atoms with Crippen LogP contribution < -0.4 is 10.6 Å². The van der Waals surface area contributed by atoms with Gasteiger partial charge in [-0.05, 0) is 31.4 Å². The van der Waals surface area contributed by atoms with Crippen LogP contribution in [-0.4, -0.2) is 28.8 Å². The van der Waals surface area contributed by atoms with Crippen LogP contribution in [0.5, 0.6) is 0 Å². The van der Waals surface area contributed by atoms with E-state index in [-0.39, 0.29) is 30.0 Å². The molecule has 0 aliphatic heterocycles. The van der Waals surface area contributed by atoms with Gasteiger partial charge < -0.3 is 10.6 Å². The van der Waals surface area contributed by atoms with Crippen molar-refractivity contribution in [1.82, 2.24) is 20.4 Å². The van der Waals surface area contributed by atoms with E-state index < -0.39 is 0 Å². The van der Waals surface area contributed by atoms with Crippen molar-refractivity contribution in [3.8, 4) is 0 Å². The molecule has 1 aromatic heterocycles. The van der Waals surface area contributed by atoms with Crippen LogP contribution in [-0.2, 0) is 6.54 Å². The molecule has 2 N–H and O–H groups in total. The van der Waals surface area contributed by atoms with Gasteiger partial charge >= 0.3 is 0 Å². The van der Waals surface area contributed by atoms with E-state index in [0.29, 0.717) is 5.92 Å². The number of benzene rings is 1. The molecule has 6 heteroatoms. The van der Waals surface area contributed by atoms with Crippen LogP contribution in [0.1, 0.15) is 32.4 Å². The van der Waals surface area contributed by atoms with E-state index in [2.05, 4.69) is 60.8 Å². The van der Waals surface area contributed by atoms with Crippen molar-refractivity contribution in [1.29, 1.82) is 0 Å². The van der Waals surface area contributed by atoms with Crippen LogP contribution in [0.25, 0.3) is 0 Å². The number of rotatable bonds is 7. The minimum Gasteiger partial charge on any atom is -0.357 e. The second-order valence-electron chi connectivity index (χ2n) is 5.83. The molecule has 0 bridgehead atoms. The van der Waals surface area contributed by atoms with Gasteiger partial charge in [0.15, 0.2) is 5.96 Å². The van der Waals surface area contributed by atoms with Crippen LogP contribution in [0.3, 0.4) is 0 Å². The van der Waals surface area contributed by atoms with Crippen LogP contribution in [0.15, 0.2) is 53.8 Å². The van der Waals surface area contributed by atoms with Crippen LogP contribution in [0.2, 0.25) is 0 Å². The number of nitrogens with zero attached hydrogens (tertiary/aromatic N) is 3. The van der Waals surface area contributed by atoms with E-state index in [1.165, 1.54) is 5.56 Å². The maximum atomic E-state index is 4.71. The van der Waals surface area contributed by atoms with Gasteiger partial charge in [0.25, 0.3) is 0 Å². The zero-order chi connectivity index (χ0) is 16.5. The third-order valence-electron chi connectivity index (χ3n) is 3.62. The maximum absolute atomic E-state index is 4.71. The molecule has 24 heavy (non-hydrogen) atoms. The van der Waals surface area contributed by atoms with E-state index in [1.54, 1.807) is 0 Å².